The highest BCUT2D eigenvalue weighted by Gasteiger charge is 2.36. The Balaban J connectivity index is 1.14. The molecule has 0 saturated heterocycles. The van der Waals surface area contributed by atoms with E-state index in [-0.39, 0.29) is 5.41 Å². The van der Waals surface area contributed by atoms with Gasteiger partial charge in [0, 0.05) is 47.9 Å². The fraction of sp³-hybridized carbons (Fsp3) is 0.0667. The van der Waals surface area contributed by atoms with Crippen molar-refractivity contribution >= 4 is 70.7 Å². The third-order valence-electron chi connectivity index (χ3n) is 10.1. The van der Waals surface area contributed by atoms with Crippen LogP contribution in [0.25, 0.3) is 49.7 Å². The third kappa shape index (κ3) is 4.96. The van der Waals surface area contributed by atoms with Crippen molar-refractivity contribution in [2.75, 3.05) is 4.90 Å². The Morgan fingerprint density at radius 1 is 0.469 bits per heavy atom. The van der Waals surface area contributed by atoms with Gasteiger partial charge < -0.3 is 9.47 Å². The molecule has 0 fully saturated rings. The van der Waals surface area contributed by atoms with E-state index in [0.29, 0.717) is 0 Å². The molecule has 0 spiro atoms. The van der Waals surface area contributed by atoms with Crippen molar-refractivity contribution in [2.24, 2.45) is 0 Å². The average Bonchev–Trinajstić information content (AvgIpc) is 3.58. The molecular weight excluding hydrogens is 728 g/mol. The van der Waals surface area contributed by atoms with Gasteiger partial charge in [0.2, 0.25) is 0 Å². The normalized spacial score (nSPS) is 13.1. The summed E-state index contributed by atoms with van der Waals surface area (Å²) in [6.45, 7) is 4.73. The molecule has 1 heterocycles. The molecule has 0 radical (unpaired) electrons. The van der Waals surface area contributed by atoms with E-state index in [2.05, 4.69) is 213 Å². The van der Waals surface area contributed by atoms with Crippen LogP contribution in [-0.4, -0.2) is 4.57 Å². The Morgan fingerprint density at radius 3 is 1.69 bits per heavy atom. The molecule has 1 aliphatic rings. The SMILES string of the molecule is CC1(C)c2cc(-c3ccc4c(c3)c3ccccc3n4-c3ccccc3)ccc2-c2ccc(N(c3ccc(Br)cc3)c3ccc(Br)cc3)cc21. The van der Waals surface area contributed by atoms with Gasteiger partial charge in [0.1, 0.15) is 0 Å². The molecule has 0 unspecified atom stereocenters. The summed E-state index contributed by atoms with van der Waals surface area (Å²) in [6.07, 6.45) is 0. The molecule has 7 aromatic carbocycles. The number of rotatable bonds is 5. The Hall–Kier alpha value is -4.90. The highest BCUT2D eigenvalue weighted by Crippen LogP contribution is 2.52. The van der Waals surface area contributed by atoms with Gasteiger partial charge in [0.05, 0.1) is 11.0 Å². The minimum absolute atomic E-state index is 0.171. The summed E-state index contributed by atoms with van der Waals surface area (Å²) in [5.41, 5.74) is 14.6. The zero-order chi connectivity index (χ0) is 33.3. The van der Waals surface area contributed by atoms with Crippen LogP contribution in [-0.2, 0) is 5.41 Å². The maximum absolute atomic E-state index is 3.62. The fourth-order valence-corrected chi connectivity index (χ4v) is 8.21. The summed E-state index contributed by atoms with van der Waals surface area (Å²) in [4.78, 5) is 2.34. The Labute approximate surface area is 303 Å². The summed E-state index contributed by atoms with van der Waals surface area (Å²) >= 11 is 7.24. The van der Waals surface area contributed by atoms with E-state index in [9.17, 15) is 0 Å². The molecular formula is C45H32Br2N2. The molecule has 0 saturated carbocycles. The quantitative estimate of drug-likeness (QED) is 0.170. The van der Waals surface area contributed by atoms with Crippen LogP contribution in [0.3, 0.4) is 0 Å². The van der Waals surface area contributed by atoms with Gasteiger partial charge in [-0.2, -0.15) is 0 Å². The van der Waals surface area contributed by atoms with Crippen LogP contribution in [0.15, 0.2) is 167 Å². The monoisotopic (exact) mass is 758 g/mol. The average molecular weight is 761 g/mol. The first-order valence-corrected chi connectivity index (χ1v) is 18.2. The standard InChI is InChI=1S/C45H32Br2N2/c1-45(2)41-27-30(29-13-25-44-40(26-29)39-10-6-7-11-43(39)49(44)33-8-4-3-5-9-33)12-23-37(41)38-24-22-36(28-42(38)45)48(34-18-14-31(46)15-19-34)35-20-16-32(47)17-21-35/h3-28H,1-2H3. The smallest absolute Gasteiger partial charge is 0.0541 e. The molecule has 0 amide bonds. The number of aromatic nitrogens is 1. The molecule has 0 bridgehead atoms. The van der Waals surface area contributed by atoms with Gasteiger partial charge in [-0.15, -0.1) is 0 Å². The fourth-order valence-electron chi connectivity index (χ4n) is 7.68. The number of anilines is 3. The summed E-state index contributed by atoms with van der Waals surface area (Å²) in [6, 6.07) is 57.4. The van der Waals surface area contributed by atoms with Gasteiger partial charge in [-0.1, -0.05) is 106 Å². The first kappa shape index (κ1) is 30.2. The summed E-state index contributed by atoms with van der Waals surface area (Å²) in [5.74, 6) is 0. The van der Waals surface area contributed by atoms with Gasteiger partial charge in [0.15, 0.2) is 0 Å². The highest BCUT2D eigenvalue weighted by molar-refractivity contribution is 9.10. The predicted molar refractivity (Wildman–Crippen MR) is 214 cm³/mol. The first-order chi connectivity index (χ1) is 23.9. The Bertz CT molecular complexity index is 2480. The van der Waals surface area contributed by atoms with Crippen LogP contribution < -0.4 is 4.90 Å². The van der Waals surface area contributed by atoms with Gasteiger partial charge in [-0.3, -0.25) is 0 Å². The number of hydrogen-bond donors (Lipinski definition) is 0. The third-order valence-corrected chi connectivity index (χ3v) is 11.2. The van der Waals surface area contributed by atoms with Crippen molar-refractivity contribution in [2.45, 2.75) is 19.3 Å². The number of fused-ring (bicyclic) bond motifs is 6. The number of benzene rings is 7. The van der Waals surface area contributed by atoms with Crippen molar-refractivity contribution in [3.63, 3.8) is 0 Å². The second-order valence-electron chi connectivity index (χ2n) is 13.3. The van der Waals surface area contributed by atoms with Crippen LogP contribution >= 0.6 is 31.9 Å². The molecule has 0 aliphatic heterocycles. The topological polar surface area (TPSA) is 8.17 Å². The first-order valence-electron chi connectivity index (χ1n) is 16.6. The zero-order valence-corrected chi connectivity index (χ0v) is 30.3. The second-order valence-corrected chi connectivity index (χ2v) is 15.2. The highest BCUT2D eigenvalue weighted by atomic mass is 79.9. The van der Waals surface area contributed by atoms with Crippen molar-refractivity contribution in [1.82, 2.24) is 4.57 Å². The molecule has 9 rings (SSSR count). The molecule has 0 atom stereocenters. The van der Waals surface area contributed by atoms with E-state index in [1.807, 2.05) is 0 Å². The van der Waals surface area contributed by atoms with E-state index in [1.54, 1.807) is 0 Å². The predicted octanol–water partition coefficient (Wildman–Crippen LogP) is 13.8. The lowest BCUT2D eigenvalue weighted by atomic mass is 9.81. The van der Waals surface area contributed by atoms with E-state index in [1.165, 1.54) is 60.9 Å². The number of hydrogen-bond acceptors (Lipinski definition) is 1. The zero-order valence-electron chi connectivity index (χ0n) is 27.2. The lowest BCUT2D eigenvalue weighted by Crippen LogP contribution is -2.16. The van der Waals surface area contributed by atoms with E-state index in [0.717, 1.165) is 26.0 Å². The maximum atomic E-state index is 3.62. The van der Waals surface area contributed by atoms with Gasteiger partial charge >= 0.3 is 0 Å². The van der Waals surface area contributed by atoms with E-state index in [4.69, 9.17) is 0 Å². The van der Waals surface area contributed by atoms with Crippen molar-refractivity contribution in [1.29, 1.82) is 0 Å². The molecule has 2 nitrogen and oxygen atoms in total. The van der Waals surface area contributed by atoms with Gasteiger partial charge in [0.25, 0.3) is 0 Å². The molecule has 1 aliphatic carbocycles. The van der Waals surface area contributed by atoms with Crippen molar-refractivity contribution in [3.05, 3.63) is 178 Å². The van der Waals surface area contributed by atoms with E-state index < -0.39 is 0 Å². The lowest BCUT2D eigenvalue weighted by Gasteiger charge is -2.28. The molecule has 0 N–H and O–H groups in total. The summed E-state index contributed by atoms with van der Waals surface area (Å²) < 4.78 is 4.50. The molecule has 8 aromatic rings. The van der Waals surface area contributed by atoms with Crippen LogP contribution in [0.5, 0.6) is 0 Å². The minimum Gasteiger partial charge on any atom is -0.310 e. The minimum atomic E-state index is -0.171. The number of halogens is 2. The summed E-state index contributed by atoms with van der Waals surface area (Å²) in [7, 11) is 0. The lowest BCUT2D eigenvalue weighted by molar-refractivity contribution is 0.660. The second kappa shape index (κ2) is 11.6. The molecule has 236 valence electrons. The van der Waals surface area contributed by atoms with Gasteiger partial charge in [-0.25, -0.2) is 0 Å². The molecule has 1 aromatic heterocycles. The van der Waals surface area contributed by atoms with Crippen LogP contribution in [0, 0.1) is 0 Å². The Kier molecular flexibility index (Phi) is 7.15. The molecule has 49 heavy (non-hydrogen) atoms. The van der Waals surface area contributed by atoms with Crippen molar-refractivity contribution < 1.29 is 0 Å². The van der Waals surface area contributed by atoms with Gasteiger partial charge in [-0.05, 0) is 130 Å². The number of para-hydroxylation sites is 2. The van der Waals surface area contributed by atoms with Crippen LogP contribution in [0.1, 0.15) is 25.0 Å². The van der Waals surface area contributed by atoms with Crippen molar-refractivity contribution in [3.8, 4) is 27.9 Å². The molecule has 4 heteroatoms. The number of nitrogens with zero attached hydrogens (tertiary/aromatic N) is 2. The Morgan fingerprint density at radius 2 is 1.00 bits per heavy atom. The van der Waals surface area contributed by atoms with E-state index >= 15 is 0 Å². The van der Waals surface area contributed by atoms with Crippen LogP contribution in [0.2, 0.25) is 0 Å². The maximum Gasteiger partial charge on any atom is 0.0541 e. The van der Waals surface area contributed by atoms with Crippen LogP contribution in [0.4, 0.5) is 17.1 Å². The largest absolute Gasteiger partial charge is 0.310 e. The summed E-state index contributed by atoms with van der Waals surface area (Å²) in [5, 5.41) is 2.54.